The van der Waals surface area contributed by atoms with Gasteiger partial charge < -0.3 is 24.6 Å². The lowest BCUT2D eigenvalue weighted by Gasteiger charge is -2.36. The fourth-order valence-corrected chi connectivity index (χ4v) is 3.60. The second kappa shape index (κ2) is 9.52. The minimum Gasteiger partial charge on any atom is -0.493 e. The van der Waals surface area contributed by atoms with E-state index in [1.165, 1.54) is 5.56 Å². The minimum absolute atomic E-state index is 0.338. The van der Waals surface area contributed by atoms with Crippen LogP contribution in [0.4, 0.5) is 5.69 Å². The Labute approximate surface area is 177 Å². The summed E-state index contributed by atoms with van der Waals surface area (Å²) in [6.45, 7) is 6.34. The number of nitrogens with one attached hydrogen (secondary N) is 1. The number of carbonyl (C=O) groups is 2. The number of piperazine rings is 1. The third-order valence-corrected chi connectivity index (χ3v) is 5.38. The predicted octanol–water partition coefficient (Wildman–Crippen LogP) is 2.54. The number of hydrogen-bond donors (Lipinski definition) is 1. The summed E-state index contributed by atoms with van der Waals surface area (Å²) in [5.74, 6) is 0.101. The van der Waals surface area contributed by atoms with E-state index in [0.29, 0.717) is 37.7 Å². The van der Waals surface area contributed by atoms with Crippen molar-refractivity contribution in [2.24, 2.45) is 0 Å². The van der Waals surface area contributed by atoms with Crippen LogP contribution in [0, 0.1) is 6.92 Å². The molecule has 0 spiro atoms. The van der Waals surface area contributed by atoms with Crippen molar-refractivity contribution in [1.82, 2.24) is 10.2 Å². The number of nitrogens with zero attached hydrogens (tertiary/aromatic N) is 2. The lowest BCUT2D eigenvalue weighted by molar-refractivity contribution is -0.146. The average molecular weight is 412 g/mol. The summed E-state index contributed by atoms with van der Waals surface area (Å²) in [6.07, 6.45) is 0. The van der Waals surface area contributed by atoms with Crippen LogP contribution in [0.25, 0.3) is 0 Å². The number of ether oxygens (including phenoxy) is 2. The number of hydrogen-bond acceptors (Lipinski definition) is 5. The zero-order valence-electron chi connectivity index (χ0n) is 18.0. The Morgan fingerprint density at radius 1 is 0.967 bits per heavy atom. The second-order valence-corrected chi connectivity index (χ2v) is 7.43. The largest absolute Gasteiger partial charge is 0.493 e. The molecule has 2 aromatic carbocycles. The molecule has 1 saturated heterocycles. The first-order valence-corrected chi connectivity index (χ1v) is 10.1. The van der Waals surface area contributed by atoms with Crippen LogP contribution < -0.4 is 19.7 Å². The van der Waals surface area contributed by atoms with E-state index in [2.05, 4.69) is 35.3 Å². The molecule has 1 heterocycles. The molecule has 3 rings (SSSR count). The van der Waals surface area contributed by atoms with E-state index in [4.69, 9.17) is 9.47 Å². The maximum Gasteiger partial charge on any atom is 0.312 e. The zero-order chi connectivity index (χ0) is 21.7. The Hall–Kier alpha value is -3.22. The van der Waals surface area contributed by atoms with Gasteiger partial charge in [0, 0.05) is 31.9 Å². The molecular formula is C23H29N3O4. The summed E-state index contributed by atoms with van der Waals surface area (Å²) in [4.78, 5) is 29.0. The number of methoxy groups -OCH3 is 2. The number of carbonyl (C=O) groups excluding carboxylic acids is 2. The molecule has 160 valence electrons. The third-order valence-electron chi connectivity index (χ3n) is 5.38. The second-order valence-electron chi connectivity index (χ2n) is 7.43. The molecular weight excluding hydrogens is 382 g/mol. The number of amides is 2. The van der Waals surface area contributed by atoms with E-state index >= 15 is 0 Å². The lowest BCUT2D eigenvalue weighted by atomic mass is 10.1. The molecule has 7 heteroatoms. The number of anilines is 1. The highest BCUT2D eigenvalue weighted by Gasteiger charge is 2.27. The van der Waals surface area contributed by atoms with Crippen molar-refractivity contribution < 1.29 is 19.1 Å². The molecule has 0 saturated carbocycles. The topological polar surface area (TPSA) is 71.1 Å². The molecule has 2 aromatic rings. The first-order valence-electron chi connectivity index (χ1n) is 10.1. The fourth-order valence-electron chi connectivity index (χ4n) is 3.60. The smallest absolute Gasteiger partial charge is 0.312 e. The third kappa shape index (κ3) is 4.84. The number of benzene rings is 2. The first kappa shape index (κ1) is 21.5. The molecule has 1 aliphatic heterocycles. The lowest BCUT2D eigenvalue weighted by Crippen LogP contribution is -2.52. The number of rotatable bonds is 5. The van der Waals surface area contributed by atoms with Gasteiger partial charge in [0.1, 0.15) is 0 Å². The predicted molar refractivity (Wildman–Crippen MR) is 116 cm³/mol. The van der Waals surface area contributed by atoms with Gasteiger partial charge in [-0.15, -0.1) is 0 Å². The van der Waals surface area contributed by atoms with Crippen molar-refractivity contribution in [3.63, 3.8) is 0 Å². The highest BCUT2D eigenvalue weighted by Crippen LogP contribution is 2.29. The van der Waals surface area contributed by atoms with Gasteiger partial charge in [-0.05, 0) is 49.2 Å². The summed E-state index contributed by atoms with van der Waals surface area (Å²) in [5, 5.41) is 2.79. The monoisotopic (exact) mass is 411 g/mol. The van der Waals surface area contributed by atoms with Crippen molar-refractivity contribution in [3.8, 4) is 11.5 Å². The highest BCUT2D eigenvalue weighted by atomic mass is 16.5. The van der Waals surface area contributed by atoms with Gasteiger partial charge in [0.25, 0.3) is 0 Å². The molecule has 2 amide bonds. The van der Waals surface area contributed by atoms with Gasteiger partial charge in [0.2, 0.25) is 0 Å². The van der Waals surface area contributed by atoms with Crippen LogP contribution in [0.15, 0.2) is 42.5 Å². The van der Waals surface area contributed by atoms with E-state index in [1.54, 1.807) is 31.3 Å². The first-order chi connectivity index (χ1) is 14.4. The maximum atomic E-state index is 12.6. The van der Waals surface area contributed by atoms with Crippen LogP contribution in [-0.2, 0) is 9.59 Å². The van der Waals surface area contributed by atoms with Gasteiger partial charge in [0.05, 0.1) is 20.3 Å². The Balaban J connectivity index is 1.56. The standard InChI is InChI=1S/C23H29N3O4/c1-16-6-5-7-19(14-16)25-10-12-26(13-11-25)23(28)22(27)24-17(2)18-8-9-20(29-3)21(15-18)30-4/h5-9,14-15,17H,10-13H2,1-4H3,(H,24,27). The normalized spacial score (nSPS) is 14.8. The van der Waals surface area contributed by atoms with Gasteiger partial charge in [-0.2, -0.15) is 0 Å². The molecule has 0 radical (unpaired) electrons. The van der Waals surface area contributed by atoms with Gasteiger partial charge in [0.15, 0.2) is 11.5 Å². The van der Waals surface area contributed by atoms with E-state index in [-0.39, 0.29) is 6.04 Å². The van der Waals surface area contributed by atoms with Crippen LogP contribution in [-0.4, -0.2) is 57.1 Å². The molecule has 1 aliphatic rings. The molecule has 7 nitrogen and oxygen atoms in total. The quantitative estimate of drug-likeness (QED) is 0.766. The van der Waals surface area contributed by atoms with Crippen molar-refractivity contribution in [1.29, 1.82) is 0 Å². The SMILES string of the molecule is COc1ccc(C(C)NC(=O)C(=O)N2CCN(c3cccc(C)c3)CC2)cc1OC. The van der Waals surface area contributed by atoms with Crippen molar-refractivity contribution >= 4 is 17.5 Å². The van der Waals surface area contributed by atoms with Crippen molar-refractivity contribution in [3.05, 3.63) is 53.6 Å². The fraction of sp³-hybridized carbons (Fsp3) is 0.391. The number of aryl methyl sites for hydroxylation is 1. The van der Waals surface area contributed by atoms with Gasteiger partial charge >= 0.3 is 11.8 Å². The summed E-state index contributed by atoms with van der Waals surface area (Å²) in [7, 11) is 3.13. The Kier molecular flexibility index (Phi) is 6.82. The summed E-state index contributed by atoms with van der Waals surface area (Å²) in [5.41, 5.74) is 3.18. The Morgan fingerprint density at radius 2 is 1.67 bits per heavy atom. The van der Waals surface area contributed by atoms with Gasteiger partial charge in [-0.3, -0.25) is 9.59 Å². The van der Waals surface area contributed by atoms with E-state index in [1.807, 2.05) is 19.1 Å². The summed E-state index contributed by atoms with van der Waals surface area (Å²) in [6, 6.07) is 13.4. The van der Waals surface area contributed by atoms with E-state index in [0.717, 1.165) is 11.3 Å². The minimum atomic E-state index is -0.596. The molecule has 1 N–H and O–H groups in total. The molecule has 0 aliphatic carbocycles. The van der Waals surface area contributed by atoms with Crippen molar-refractivity contribution in [2.45, 2.75) is 19.9 Å². The van der Waals surface area contributed by atoms with E-state index < -0.39 is 11.8 Å². The maximum absolute atomic E-state index is 12.6. The van der Waals surface area contributed by atoms with Gasteiger partial charge in [-0.1, -0.05) is 18.2 Å². The summed E-state index contributed by atoms with van der Waals surface area (Å²) >= 11 is 0. The van der Waals surface area contributed by atoms with Crippen LogP contribution in [0.1, 0.15) is 24.1 Å². The molecule has 1 fully saturated rings. The van der Waals surface area contributed by atoms with Crippen LogP contribution in [0.5, 0.6) is 11.5 Å². The Bertz CT molecular complexity index is 907. The molecule has 30 heavy (non-hydrogen) atoms. The molecule has 1 unspecified atom stereocenters. The van der Waals surface area contributed by atoms with Crippen molar-refractivity contribution in [2.75, 3.05) is 45.3 Å². The highest BCUT2D eigenvalue weighted by molar-refractivity contribution is 6.35. The van der Waals surface area contributed by atoms with Crippen LogP contribution in [0.2, 0.25) is 0 Å². The molecule has 1 atom stereocenters. The van der Waals surface area contributed by atoms with Crippen LogP contribution in [0.3, 0.4) is 0 Å². The van der Waals surface area contributed by atoms with Crippen LogP contribution >= 0.6 is 0 Å². The molecule has 0 bridgehead atoms. The van der Waals surface area contributed by atoms with E-state index in [9.17, 15) is 9.59 Å². The Morgan fingerprint density at radius 3 is 2.30 bits per heavy atom. The zero-order valence-corrected chi connectivity index (χ0v) is 18.0. The van der Waals surface area contributed by atoms with Gasteiger partial charge in [-0.25, -0.2) is 0 Å². The average Bonchev–Trinajstić information content (AvgIpc) is 2.78. The molecule has 0 aromatic heterocycles. The summed E-state index contributed by atoms with van der Waals surface area (Å²) < 4.78 is 10.6.